The van der Waals surface area contributed by atoms with Gasteiger partial charge in [-0.25, -0.2) is 0 Å². The predicted molar refractivity (Wildman–Crippen MR) is 61.6 cm³/mol. The lowest BCUT2D eigenvalue weighted by Gasteiger charge is -2.29. The molecule has 1 saturated heterocycles. The van der Waals surface area contributed by atoms with Crippen LogP contribution in [-0.4, -0.2) is 51.7 Å². The minimum Gasteiger partial charge on any atom is -0.318 e. The average Bonchev–Trinajstić information content (AvgIpc) is 2.18. The van der Waals surface area contributed by atoms with Gasteiger partial charge in [0.1, 0.15) is 0 Å². The Morgan fingerprint density at radius 2 is 2.14 bits per heavy atom. The van der Waals surface area contributed by atoms with E-state index in [0.29, 0.717) is 0 Å². The van der Waals surface area contributed by atoms with Crippen molar-refractivity contribution in [2.24, 2.45) is 5.92 Å². The summed E-state index contributed by atoms with van der Waals surface area (Å²) >= 11 is 0. The van der Waals surface area contributed by atoms with Gasteiger partial charge < -0.3 is 15.5 Å². The largest absolute Gasteiger partial charge is 0.318 e. The number of piperidine rings is 1. The molecule has 1 atom stereocenters. The van der Waals surface area contributed by atoms with Crippen molar-refractivity contribution in [2.75, 3.05) is 46.8 Å². The van der Waals surface area contributed by atoms with Gasteiger partial charge in [0.25, 0.3) is 0 Å². The molecule has 1 unspecified atom stereocenters. The van der Waals surface area contributed by atoms with Gasteiger partial charge in [-0.1, -0.05) is 0 Å². The SMILES string of the molecule is CNCCNCCC1CCCN(C)C1. The van der Waals surface area contributed by atoms with Crippen molar-refractivity contribution in [1.29, 1.82) is 0 Å². The lowest BCUT2D eigenvalue weighted by molar-refractivity contribution is 0.201. The second kappa shape index (κ2) is 7.21. The molecule has 14 heavy (non-hydrogen) atoms. The van der Waals surface area contributed by atoms with Crippen LogP contribution in [0.1, 0.15) is 19.3 Å². The van der Waals surface area contributed by atoms with Gasteiger partial charge in [-0.15, -0.1) is 0 Å². The molecule has 1 fully saturated rings. The van der Waals surface area contributed by atoms with Gasteiger partial charge in [-0.2, -0.15) is 0 Å². The van der Waals surface area contributed by atoms with E-state index in [1.54, 1.807) is 0 Å². The molecule has 1 heterocycles. The van der Waals surface area contributed by atoms with E-state index in [9.17, 15) is 0 Å². The number of hydrogen-bond donors (Lipinski definition) is 2. The molecule has 0 aromatic rings. The third-order valence-corrected chi connectivity index (χ3v) is 3.00. The Bertz CT molecular complexity index is 138. The van der Waals surface area contributed by atoms with Gasteiger partial charge in [0.2, 0.25) is 0 Å². The van der Waals surface area contributed by atoms with Crippen LogP contribution in [-0.2, 0) is 0 Å². The summed E-state index contributed by atoms with van der Waals surface area (Å²) in [5.74, 6) is 0.927. The lowest BCUT2D eigenvalue weighted by Crippen LogP contribution is -2.34. The van der Waals surface area contributed by atoms with E-state index in [1.807, 2.05) is 7.05 Å². The molecule has 84 valence electrons. The summed E-state index contributed by atoms with van der Waals surface area (Å²) in [6, 6.07) is 0. The van der Waals surface area contributed by atoms with E-state index in [-0.39, 0.29) is 0 Å². The zero-order chi connectivity index (χ0) is 10.2. The highest BCUT2D eigenvalue weighted by atomic mass is 15.1. The Kier molecular flexibility index (Phi) is 6.15. The molecule has 1 aliphatic rings. The van der Waals surface area contributed by atoms with Crippen LogP contribution in [0, 0.1) is 5.92 Å². The van der Waals surface area contributed by atoms with Gasteiger partial charge in [0.05, 0.1) is 0 Å². The summed E-state index contributed by atoms with van der Waals surface area (Å²) in [6.45, 7) is 5.95. The standard InChI is InChI=1S/C11H25N3/c1-12-7-8-13-6-5-11-4-3-9-14(2)10-11/h11-13H,3-10H2,1-2H3. The van der Waals surface area contributed by atoms with Crippen LogP contribution in [0.15, 0.2) is 0 Å². The van der Waals surface area contributed by atoms with Crippen molar-refractivity contribution in [3.05, 3.63) is 0 Å². The summed E-state index contributed by atoms with van der Waals surface area (Å²) < 4.78 is 0. The number of likely N-dealkylation sites (tertiary alicyclic amines) is 1. The van der Waals surface area contributed by atoms with Crippen molar-refractivity contribution in [3.63, 3.8) is 0 Å². The van der Waals surface area contributed by atoms with E-state index < -0.39 is 0 Å². The quantitative estimate of drug-likeness (QED) is 0.611. The van der Waals surface area contributed by atoms with Gasteiger partial charge >= 0.3 is 0 Å². The third-order valence-electron chi connectivity index (χ3n) is 3.00. The molecule has 0 bridgehead atoms. The van der Waals surface area contributed by atoms with Crippen molar-refractivity contribution in [1.82, 2.24) is 15.5 Å². The molecule has 3 nitrogen and oxygen atoms in total. The summed E-state index contributed by atoms with van der Waals surface area (Å²) in [4.78, 5) is 2.46. The van der Waals surface area contributed by atoms with E-state index in [2.05, 4.69) is 22.6 Å². The highest BCUT2D eigenvalue weighted by Crippen LogP contribution is 2.17. The molecule has 0 aromatic heterocycles. The van der Waals surface area contributed by atoms with E-state index in [1.165, 1.54) is 38.9 Å². The van der Waals surface area contributed by atoms with Crippen molar-refractivity contribution < 1.29 is 0 Å². The van der Waals surface area contributed by atoms with Gasteiger partial charge in [0.15, 0.2) is 0 Å². The molecule has 0 saturated carbocycles. The van der Waals surface area contributed by atoms with Gasteiger partial charge in [-0.05, 0) is 52.4 Å². The van der Waals surface area contributed by atoms with Crippen LogP contribution in [0.2, 0.25) is 0 Å². The maximum absolute atomic E-state index is 3.47. The number of rotatable bonds is 6. The molecule has 3 heteroatoms. The van der Waals surface area contributed by atoms with Crippen molar-refractivity contribution in [2.45, 2.75) is 19.3 Å². The molecule has 0 radical (unpaired) electrons. The van der Waals surface area contributed by atoms with Gasteiger partial charge in [-0.3, -0.25) is 0 Å². The van der Waals surface area contributed by atoms with Crippen LogP contribution in [0.4, 0.5) is 0 Å². The monoisotopic (exact) mass is 199 g/mol. The van der Waals surface area contributed by atoms with E-state index in [0.717, 1.165) is 19.0 Å². The Hall–Kier alpha value is -0.120. The third kappa shape index (κ3) is 4.94. The second-order valence-electron chi connectivity index (χ2n) is 4.41. The second-order valence-corrected chi connectivity index (χ2v) is 4.41. The average molecular weight is 199 g/mol. The normalized spacial score (nSPS) is 24.0. The topological polar surface area (TPSA) is 27.3 Å². The number of likely N-dealkylation sites (N-methyl/N-ethyl adjacent to an activating group) is 1. The molecule has 0 amide bonds. The van der Waals surface area contributed by atoms with Crippen LogP contribution >= 0.6 is 0 Å². The molecular formula is C11H25N3. The minimum atomic E-state index is 0.927. The molecule has 1 rings (SSSR count). The minimum absolute atomic E-state index is 0.927. The summed E-state index contributed by atoms with van der Waals surface area (Å²) in [7, 11) is 4.23. The summed E-state index contributed by atoms with van der Waals surface area (Å²) in [5.41, 5.74) is 0. The lowest BCUT2D eigenvalue weighted by atomic mass is 9.95. The maximum atomic E-state index is 3.47. The zero-order valence-corrected chi connectivity index (χ0v) is 9.68. The van der Waals surface area contributed by atoms with Crippen molar-refractivity contribution in [3.8, 4) is 0 Å². The number of hydrogen-bond acceptors (Lipinski definition) is 3. The highest BCUT2D eigenvalue weighted by Gasteiger charge is 2.15. The van der Waals surface area contributed by atoms with Crippen molar-refractivity contribution >= 4 is 0 Å². The molecular weight excluding hydrogens is 174 g/mol. The number of nitrogens with one attached hydrogen (secondary N) is 2. The smallest absolute Gasteiger partial charge is 0.00766 e. The first kappa shape index (κ1) is 12.0. The predicted octanol–water partition coefficient (Wildman–Crippen LogP) is 0.527. The zero-order valence-electron chi connectivity index (χ0n) is 9.68. The summed E-state index contributed by atoms with van der Waals surface area (Å²) in [5, 5.41) is 6.61. The van der Waals surface area contributed by atoms with Crippen LogP contribution < -0.4 is 10.6 Å². The van der Waals surface area contributed by atoms with E-state index >= 15 is 0 Å². The van der Waals surface area contributed by atoms with Crippen LogP contribution in [0.3, 0.4) is 0 Å². The van der Waals surface area contributed by atoms with Gasteiger partial charge in [0, 0.05) is 19.6 Å². The molecule has 0 aromatic carbocycles. The molecule has 0 aliphatic carbocycles. The van der Waals surface area contributed by atoms with Crippen LogP contribution in [0.5, 0.6) is 0 Å². The fourth-order valence-electron chi connectivity index (χ4n) is 2.15. The molecule has 2 N–H and O–H groups in total. The van der Waals surface area contributed by atoms with Crippen LogP contribution in [0.25, 0.3) is 0 Å². The van der Waals surface area contributed by atoms with E-state index in [4.69, 9.17) is 0 Å². The Balaban J connectivity index is 1.95. The molecule has 1 aliphatic heterocycles. The Morgan fingerprint density at radius 3 is 2.86 bits per heavy atom. The first-order chi connectivity index (χ1) is 6.83. The fourth-order valence-corrected chi connectivity index (χ4v) is 2.15. The fraction of sp³-hybridized carbons (Fsp3) is 1.00. The number of nitrogens with zero attached hydrogens (tertiary/aromatic N) is 1. The maximum Gasteiger partial charge on any atom is 0.00766 e. The highest BCUT2D eigenvalue weighted by molar-refractivity contribution is 4.71. The summed E-state index contributed by atoms with van der Waals surface area (Å²) in [6.07, 6.45) is 4.16. The first-order valence-electron chi connectivity index (χ1n) is 5.87. The molecule has 0 spiro atoms. The first-order valence-corrected chi connectivity index (χ1v) is 5.87. The Labute approximate surface area is 88.2 Å². The Morgan fingerprint density at radius 1 is 1.29 bits per heavy atom.